The SMILES string of the molecule is C=C(C)CN=C(NCCc1ccco1)N1CCC2C(CCCN2C2CC2)C1. The predicted octanol–water partition coefficient (Wildman–Crippen LogP) is 3.29. The van der Waals surface area contributed by atoms with E-state index in [1.807, 2.05) is 19.1 Å². The fraction of sp³-hybridized carbons (Fsp3) is 0.682. The molecule has 0 spiro atoms. The zero-order chi connectivity index (χ0) is 18.6. The molecule has 27 heavy (non-hydrogen) atoms. The molecule has 0 radical (unpaired) electrons. The molecular formula is C22H34N4O. The number of likely N-dealkylation sites (tertiary alicyclic amines) is 2. The minimum atomic E-state index is 0.696. The Morgan fingerprint density at radius 3 is 2.93 bits per heavy atom. The van der Waals surface area contributed by atoms with Gasteiger partial charge in [-0.1, -0.05) is 12.2 Å². The van der Waals surface area contributed by atoms with Gasteiger partial charge >= 0.3 is 0 Å². The number of nitrogens with zero attached hydrogens (tertiary/aromatic N) is 3. The second-order valence-electron chi connectivity index (χ2n) is 8.53. The summed E-state index contributed by atoms with van der Waals surface area (Å²) >= 11 is 0. The summed E-state index contributed by atoms with van der Waals surface area (Å²) in [5, 5.41) is 3.59. The maximum atomic E-state index is 5.46. The number of fused-ring (bicyclic) bond motifs is 1. The van der Waals surface area contributed by atoms with Gasteiger partial charge in [-0.2, -0.15) is 0 Å². The van der Waals surface area contributed by atoms with Crippen molar-refractivity contribution in [1.29, 1.82) is 0 Å². The quantitative estimate of drug-likeness (QED) is 0.474. The van der Waals surface area contributed by atoms with E-state index >= 15 is 0 Å². The van der Waals surface area contributed by atoms with E-state index in [2.05, 4.69) is 21.7 Å². The van der Waals surface area contributed by atoms with Crippen LogP contribution in [0, 0.1) is 5.92 Å². The van der Waals surface area contributed by atoms with Crippen LogP contribution in [0.4, 0.5) is 0 Å². The summed E-state index contributed by atoms with van der Waals surface area (Å²) in [7, 11) is 0. The van der Waals surface area contributed by atoms with Crippen LogP contribution in [0.15, 0.2) is 40.0 Å². The Morgan fingerprint density at radius 2 is 2.19 bits per heavy atom. The first kappa shape index (κ1) is 18.6. The lowest BCUT2D eigenvalue weighted by atomic mass is 9.83. The average Bonchev–Trinajstić information content (AvgIpc) is 3.39. The normalized spacial score (nSPS) is 26.7. The molecule has 2 atom stereocenters. The molecule has 5 heteroatoms. The Kier molecular flexibility index (Phi) is 5.86. The third-order valence-electron chi connectivity index (χ3n) is 6.16. The minimum absolute atomic E-state index is 0.696. The standard InChI is InChI=1S/C22H34N4O/c1-17(2)15-24-22(23-11-9-20-6-4-14-27-20)25-13-10-21-18(16-25)5-3-12-26(21)19-7-8-19/h4,6,14,18-19,21H,1,3,5,7-13,15-16H2,2H3,(H,23,24). The second kappa shape index (κ2) is 8.51. The van der Waals surface area contributed by atoms with Gasteiger partial charge in [-0.15, -0.1) is 0 Å². The zero-order valence-corrected chi connectivity index (χ0v) is 16.7. The molecule has 3 fully saturated rings. The summed E-state index contributed by atoms with van der Waals surface area (Å²) in [5.74, 6) is 2.86. The first-order valence-corrected chi connectivity index (χ1v) is 10.7. The van der Waals surface area contributed by atoms with Gasteiger partial charge in [0.15, 0.2) is 5.96 Å². The molecule has 3 aliphatic rings. The molecule has 0 aromatic carbocycles. The summed E-state index contributed by atoms with van der Waals surface area (Å²) in [6, 6.07) is 5.68. The summed E-state index contributed by atoms with van der Waals surface area (Å²) in [4.78, 5) is 10.2. The van der Waals surface area contributed by atoms with Crippen molar-refractivity contribution in [3.63, 3.8) is 0 Å². The van der Waals surface area contributed by atoms with Gasteiger partial charge in [0.05, 0.1) is 12.8 Å². The molecular weight excluding hydrogens is 336 g/mol. The van der Waals surface area contributed by atoms with Crippen LogP contribution in [0.1, 0.15) is 44.8 Å². The molecule has 0 bridgehead atoms. The molecule has 1 aliphatic carbocycles. The van der Waals surface area contributed by atoms with Gasteiger partial charge in [0, 0.05) is 38.1 Å². The highest BCUT2D eigenvalue weighted by Crippen LogP contribution is 2.38. The lowest BCUT2D eigenvalue weighted by Gasteiger charge is -2.48. The highest BCUT2D eigenvalue weighted by molar-refractivity contribution is 5.80. The molecule has 2 unspecified atom stereocenters. The van der Waals surface area contributed by atoms with E-state index in [9.17, 15) is 0 Å². The zero-order valence-electron chi connectivity index (χ0n) is 16.7. The molecule has 2 aliphatic heterocycles. The molecule has 3 heterocycles. The van der Waals surface area contributed by atoms with Gasteiger partial charge in [-0.05, 0) is 63.6 Å². The van der Waals surface area contributed by atoms with Crippen LogP contribution in [-0.4, -0.2) is 60.6 Å². The molecule has 1 aromatic heterocycles. The van der Waals surface area contributed by atoms with Crippen LogP contribution < -0.4 is 5.32 Å². The van der Waals surface area contributed by atoms with E-state index in [1.165, 1.54) is 38.6 Å². The minimum Gasteiger partial charge on any atom is -0.469 e. The average molecular weight is 371 g/mol. The lowest BCUT2D eigenvalue weighted by Crippen LogP contribution is -2.57. The monoisotopic (exact) mass is 370 g/mol. The van der Waals surface area contributed by atoms with E-state index in [0.717, 1.165) is 61.3 Å². The number of hydrogen-bond donors (Lipinski definition) is 1. The van der Waals surface area contributed by atoms with Crippen molar-refractivity contribution in [3.8, 4) is 0 Å². The number of piperidine rings is 2. The van der Waals surface area contributed by atoms with Crippen LogP contribution in [0.25, 0.3) is 0 Å². The van der Waals surface area contributed by atoms with E-state index < -0.39 is 0 Å². The van der Waals surface area contributed by atoms with Gasteiger partial charge in [0.1, 0.15) is 5.76 Å². The summed E-state index contributed by atoms with van der Waals surface area (Å²) in [6.45, 7) is 11.2. The van der Waals surface area contributed by atoms with Crippen LogP contribution >= 0.6 is 0 Å². The summed E-state index contributed by atoms with van der Waals surface area (Å²) in [6.07, 6.45) is 9.46. The molecule has 0 amide bonds. The van der Waals surface area contributed by atoms with Crippen molar-refractivity contribution in [1.82, 2.24) is 15.1 Å². The van der Waals surface area contributed by atoms with E-state index in [4.69, 9.17) is 9.41 Å². The number of rotatable bonds is 6. The van der Waals surface area contributed by atoms with E-state index in [1.54, 1.807) is 6.26 Å². The Labute approximate surface area is 163 Å². The highest BCUT2D eigenvalue weighted by Gasteiger charge is 2.42. The second-order valence-corrected chi connectivity index (χ2v) is 8.53. The van der Waals surface area contributed by atoms with E-state index in [0.29, 0.717) is 6.54 Å². The molecule has 1 N–H and O–H groups in total. The highest BCUT2D eigenvalue weighted by atomic mass is 16.3. The van der Waals surface area contributed by atoms with Crippen molar-refractivity contribution in [2.24, 2.45) is 10.9 Å². The summed E-state index contributed by atoms with van der Waals surface area (Å²) in [5.41, 5.74) is 1.10. The van der Waals surface area contributed by atoms with E-state index in [-0.39, 0.29) is 0 Å². The van der Waals surface area contributed by atoms with Crippen LogP contribution in [-0.2, 0) is 6.42 Å². The third kappa shape index (κ3) is 4.75. The van der Waals surface area contributed by atoms with Gasteiger partial charge in [0.2, 0.25) is 0 Å². The van der Waals surface area contributed by atoms with Crippen molar-refractivity contribution in [2.75, 3.05) is 32.7 Å². The molecule has 2 saturated heterocycles. The Bertz CT molecular complexity index is 649. The number of hydrogen-bond acceptors (Lipinski definition) is 3. The molecule has 4 rings (SSSR count). The number of guanidine groups is 1. The van der Waals surface area contributed by atoms with Crippen molar-refractivity contribution >= 4 is 5.96 Å². The fourth-order valence-corrected chi connectivity index (χ4v) is 4.72. The van der Waals surface area contributed by atoms with Crippen molar-refractivity contribution < 1.29 is 4.42 Å². The molecule has 5 nitrogen and oxygen atoms in total. The Balaban J connectivity index is 1.37. The summed E-state index contributed by atoms with van der Waals surface area (Å²) < 4.78 is 5.46. The first-order chi connectivity index (χ1) is 13.2. The van der Waals surface area contributed by atoms with Crippen LogP contribution in [0.2, 0.25) is 0 Å². The first-order valence-electron chi connectivity index (χ1n) is 10.7. The lowest BCUT2D eigenvalue weighted by molar-refractivity contribution is 0.0370. The van der Waals surface area contributed by atoms with Gasteiger partial charge in [-0.25, -0.2) is 4.99 Å². The Morgan fingerprint density at radius 1 is 1.30 bits per heavy atom. The number of aliphatic imine (C=N–C) groups is 1. The van der Waals surface area contributed by atoms with Crippen molar-refractivity contribution in [3.05, 3.63) is 36.3 Å². The fourth-order valence-electron chi connectivity index (χ4n) is 4.72. The number of nitrogens with one attached hydrogen (secondary N) is 1. The Hall–Kier alpha value is -1.75. The molecule has 1 saturated carbocycles. The molecule has 1 aromatic rings. The van der Waals surface area contributed by atoms with Gasteiger partial charge < -0.3 is 14.6 Å². The molecule has 148 valence electrons. The van der Waals surface area contributed by atoms with Crippen molar-refractivity contribution in [2.45, 2.75) is 57.5 Å². The smallest absolute Gasteiger partial charge is 0.194 e. The topological polar surface area (TPSA) is 44.0 Å². The van der Waals surface area contributed by atoms with Crippen LogP contribution in [0.5, 0.6) is 0 Å². The largest absolute Gasteiger partial charge is 0.469 e. The third-order valence-corrected chi connectivity index (χ3v) is 6.16. The maximum Gasteiger partial charge on any atom is 0.194 e. The van der Waals surface area contributed by atoms with Crippen LogP contribution in [0.3, 0.4) is 0 Å². The van der Waals surface area contributed by atoms with Gasteiger partial charge in [-0.3, -0.25) is 4.90 Å². The predicted molar refractivity (Wildman–Crippen MR) is 110 cm³/mol. The van der Waals surface area contributed by atoms with Gasteiger partial charge in [0.25, 0.3) is 0 Å². The maximum absolute atomic E-state index is 5.46. The number of furan rings is 1.